The van der Waals surface area contributed by atoms with Crippen LogP contribution >= 0.6 is 15.9 Å². The number of benzene rings is 1. The number of methoxy groups -OCH3 is 1. The molecule has 0 saturated carbocycles. The Hall–Kier alpha value is -0.810. The molecule has 0 unspecified atom stereocenters. The maximum Gasteiger partial charge on any atom is 0.188 e. The van der Waals surface area contributed by atoms with Crippen molar-refractivity contribution in [2.24, 2.45) is 0 Å². The van der Waals surface area contributed by atoms with Gasteiger partial charge in [-0.05, 0) is 22.0 Å². The Kier molecular flexibility index (Phi) is 3.50. The summed E-state index contributed by atoms with van der Waals surface area (Å²) in [4.78, 5) is 0. The highest BCUT2D eigenvalue weighted by Gasteiger charge is 2.07. The molecule has 5 heteroatoms. The van der Waals surface area contributed by atoms with Gasteiger partial charge in [0.2, 0.25) is 0 Å². The molecule has 3 nitrogen and oxygen atoms in total. The SMILES string of the molecule is COCOc1c(N)cc(F)cc1Br. The Morgan fingerprint density at radius 1 is 1.54 bits per heavy atom. The molecule has 13 heavy (non-hydrogen) atoms. The molecule has 1 aromatic rings. The third-order valence-corrected chi connectivity index (χ3v) is 1.95. The number of hydrogen-bond acceptors (Lipinski definition) is 3. The van der Waals surface area contributed by atoms with Crippen molar-refractivity contribution in [2.45, 2.75) is 0 Å². The van der Waals surface area contributed by atoms with Crippen molar-refractivity contribution < 1.29 is 13.9 Å². The smallest absolute Gasteiger partial charge is 0.188 e. The number of halogens is 2. The summed E-state index contributed by atoms with van der Waals surface area (Å²) in [5.74, 6) is -0.0163. The van der Waals surface area contributed by atoms with Gasteiger partial charge >= 0.3 is 0 Å². The van der Waals surface area contributed by atoms with E-state index < -0.39 is 5.82 Å². The summed E-state index contributed by atoms with van der Waals surface area (Å²) in [6.45, 7) is 0.0778. The first-order valence-corrected chi connectivity index (χ1v) is 4.30. The fraction of sp³-hybridized carbons (Fsp3) is 0.250. The molecule has 0 heterocycles. The molecular weight excluding hydrogens is 241 g/mol. The van der Waals surface area contributed by atoms with Crippen LogP contribution in [0.2, 0.25) is 0 Å². The van der Waals surface area contributed by atoms with Crippen molar-refractivity contribution in [3.05, 3.63) is 22.4 Å². The molecule has 0 aliphatic heterocycles. The fourth-order valence-electron chi connectivity index (χ4n) is 0.850. The zero-order chi connectivity index (χ0) is 9.84. The lowest BCUT2D eigenvalue weighted by atomic mass is 10.3. The van der Waals surface area contributed by atoms with E-state index in [9.17, 15) is 4.39 Å². The van der Waals surface area contributed by atoms with Gasteiger partial charge in [-0.2, -0.15) is 0 Å². The van der Waals surface area contributed by atoms with Gasteiger partial charge in [-0.1, -0.05) is 0 Å². The van der Waals surface area contributed by atoms with Crippen LogP contribution in [-0.2, 0) is 4.74 Å². The molecule has 1 rings (SSSR count). The summed E-state index contributed by atoms with van der Waals surface area (Å²) in [5, 5.41) is 0. The maximum absolute atomic E-state index is 12.7. The van der Waals surface area contributed by atoms with Gasteiger partial charge in [0.1, 0.15) is 5.82 Å². The van der Waals surface area contributed by atoms with E-state index in [1.165, 1.54) is 19.2 Å². The van der Waals surface area contributed by atoms with E-state index in [1.54, 1.807) is 0 Å². The summed E-state index contributed by atoms with van der Waals surface area (Å²) >= 11 is 3.13. The zero-order valence-electron chi connectivity index (χ0n) is 7.01. The van der Waals surface area contributed by atoms with E-state index in [4.69, 9.17) is 15.2 Å². The summed E-state index contributed by atoms with van der Waals surface area (Å²) in [6, 6.07) is 2.47. The van der Waals surface area contributed by atoms with Crippen molar-refractivity contribution in [3.63, 3.8) is 0 Å². The monoisotopic (exact) mass is 249 g/mol. The van der Waals surface area contributed by atoms with Crippen molar-refractivity contribution in [2.75, 3.05) is 19.6 Å². The van der Waals surface area contributed by atoms with Crippen LogP contribution in [0, 0.1) is 5.82 Å². The minimum Gasteiger partial charge on any atom is -0.464 e. The van der Waals surface area contributed by atoms with Gasteiger partial charge in [-0.25, -0.2) is 4.39 Å². The molecule has 0 aliphatic carbocycles. The van der Waals surface area contributed by atoms with Crippen LogP contribution < -0.4 is 10.5 Å². The number of rotatable bonds is 3. The first kappa shape index (κ1) is 10.3. The molecule has 0 aromatic heterocycles. The quantitative estimate of drug-likeness (QED) is 0.660. The normalized spacial score (nSPS) is 10.1. The Labute approximate surface area is 83.8 Å². The predicted molar refractivity (Wildman–Crippen MR) is 51.0 cm³/mol. The van der Waals surface area contributed by atoms with Crippen molar-refractivity contribution in [1.29, 1.82) is 0 Å². The van der Waals surface area contributed by atoms with Crippen molar-refractivity contribution in [3.8, 4) is 5.75 Å². The Bertz CT molecular complexity index is 283. The molecule has 0 fully saturated rings. The van der Waals surface area contributed by atoms with E-state index in [-0.39, 0.29) is 12.5 Å². The Balaban J connectivity index is 2.92. The van der Waals surface area contributed by atoms with E-state index in [0.717, 1.165) is 0 Å². The van der Waals surface area contributed by atoms with Gasteiger partial charge in [-0.15, -0.1) is 0 Å². The van der Waals surface area contributed by atoms with Crippen LogP contribution in [0.25, 0.3) is 0 Å². The minimum absolute atomic E-state index is 0.0778. The molecule has 0 radical (unpaired) electrons. The predicted octanol–water partition coefficient (Wildman–Crippen LogP) is 2.15. The third-order valence-electron chi connectivity index (χ3n) is 1.36. The molecular formula is C8H9BrFNO2. The first-order valence-electron chi connectivity index (χ1n) is 3.51. The van der Waals surface area contributed by atoms with Gasteiger partial charge < -0.3 is 15.2 Å². The summed E-state index contributed by atoms with van der Waals surface area (Å²) < 4.78 is 23.0. The van der Waals surface area contributed by atoms with Crippen LogP contribution in [0.5, 0.6) is 5.75 Å². The standard InChI is InChI=1S/C8H9BrFNO2/c1-12-4-13-8-6(9)2-5(10)3-7(8)11/h2-3H,4,11H2,1H3. The van der Waals surface area contributed by atoms with E-state index >= 15 is 0 Å². The van der Waals surface area contributed by atoms with E-state index in [2.05, 4.69) is 15.9 Å². The van der Waals surface area contributed by atoms with Crippen LogP contribution in [0.1, 0.15) is 0 Å². The number of hydrogen-bond donors (Lipinski definition) is 1. The largest absolute Gasteiger partial charge is 0.464 e. The van der Waals surface area contributed by atoms with Gasteiger partial charge in [0.15, 0.2) is 12.5 Å². The molecule has 0 amide bonds. The van der Waals surface area contributed by atoms with E-state index in [1.807, 2.05) is 0 Å². The molecule has 0 saturated heterocycles. The number of anilines is 1. The average molecular weight is 250 g/mol. The lowest BCUT2D eigenvalue weighted by Crippen LogP contribution is -2.02. The second-order valence-electron chi connectivity index (χ2n) is 2.36. The van der Waals surface area contributed by atoms with Gasteiger partial charge in [0, 0.05) is 13.2 Å². The van der Waals surface area contributed by atoms with Gasteiger partial charge in [0.05, 0.1) is 10.2 Å². The highest BCUT2D eigenvalue weighted by molar-refractivity contribution is 9.10. The maximum atomic E-state index is 12.7. The number of ether oxygens (including phenoxy) is 2. The summed E-state index contributed by atoms with van der Waals surface area (Å²) in [7, 11) is 1.49. The van der Waals surface area contributed by atoms with Gasteiger partial charge in [0.25, 0.3) is 0 Å². The summed E-state index contributed by atoms with van der Waals surface area (Å²) in [5.41, 5.74) is 5.75. The molecule has 0 bridgehead atoms. The zero-order valence-corrected chi connectivity index (χ0v) is 8.60. The molecule has 1 aromatic carbocycles. The molecule has 0 aliphatic rings. The lowest BCUT2D eigenvalue weighted by molar-refractivity contribution is 0.0511. The molecule has 2 N–H and O–H groups in total. The molecule has 0 atom stereocenters. The van der Waals surface area contributed by atoms with Crippen molar-refractivity contribution >= 4 is 21.6 Å². The van der Waals surface area contributed by atoms with Crippen LogP contribution in [0.3, 0.4) is 0 Å². The lowest BCUT2D eigenvalue weighted by Gasteiger charge is -2.09. The number of nitrogens with two attached hydrogens (primary N) is 1. The van der Waals surface area contributed by atoms with E-state index in [0.29, 0.717) is 10.2 Å². The first-order chi connectivity index (χ1) is 6.15. The summed E-state index contributed by atoms with van der Waals surface area (Å²) in [6.07, 6.45) is 0. The van der Waals surface area contributed by atoms with Crippen LogP contribution in [0.15, 0.2) is 16.6 Å². The number of nitrogen functional groups attached to an aromatic ring is 1. The highest BCUT2D eigenvalue weighted by Crippen LogP contribution is 2.32. The fourth-order valence-corrected chi connectivity index (χ4v) is 1.41. The Morgan fingerprint density at radius 2 is 2.23 bits per heavy atom. The highest BCUT2D eigenvalue weighted by atomic mass is 79.9. The third kappa shape index (κ3) is 2.57. The van der Waals surface area contributed by atoms with Crippen LogP contribution in [0.4, 0.5) is 10.1 Å². The average Bonchev–Trinajstić information content (AvgIpc) is 2.02. The second-order valence-corrected chi connectivity index (χ2v) is 3.21. The second kappa shape index (κ2) is 4.43. The van der Waals surface area contributed by atoms with Crippen LogP contribution in [-0.4, -0.2) is 13.9 Å². The molecule has 72 valence electrons. The Morgan fingerprint density at radius 3 is 2.77 bits per heavy atom. The minimum atomic E-state index is -0.408. The molecule has 0 spiro atoms. The van der Waals surface area contributed by atoms with Gasteiger partial charge in [-0.3, -0.25) is 0 Å². The van der Waals surface area contributed by atoms with Crippen molar-refractivity contribution in [1.82, 2.24) is 0 Å². The topological polar surface area (TPSA) is 44.5 Å².